The monoisotopic (exact) mass is 524 g/mol. The Kier molecular flexibility index (Phi) is 5.35. The zero-order valence-electron chi connectivity index (χ0n) is 18.2. The lowest BCUT2D eigenvalue weighted by Gasteiger charge is -2.11. The van der Waals surface area contributed by atoms with Gasteiger partial charge in [-0.3, -0.25) is 4.79 Å². The van der Waals surface area contributed by atoms with Crippen LogP contribution < -0.4 is 4.74 Å². The summed E-state index contributed by atoms with van der Waals surface area (Å²) in [6.45, 7) is 0.230. The molecular formula is C27H17BrN4O3. The lowest BCUT2D eigenvalue weighted by Crippen LogP contribution is -1.98. The lowest BCUT2D eigenvalue weighted by atomic mass is 9.94. The first-order valence-electron chi connectivity index (χ1n) is 10.9. The number of aldehydes is 1. The molecule has 0 saturated carbocycles. The highest BCUT2D eigenvalue weighted by atomic mass is 79.9. The lowest BCUT2D eigenvalue weighted by molar-refractivity contribution is 0.112. The fourth-order valence-corrected chi connectivity index (χ4v) is 4.86. The number of para-hydroxylation sites is 1. The molecule has 1 N–H and O–H groups in total. The summed E-state index contributed by atoms with van der Waals surface area (Å²) in [6.07, 6.45) is 0.884. The highest BCUT2D eigenvalue weighted by Crippen LogP contribution is 2.43. The summed E-state index contributed by atoms with van der Waals surface area (Å²) in [5, 5.41) is 16.6. The molecule has 0 atom stereocenters. The van der Waals surface area contributed by atoms with Crippen LogP contribution in [0.15, 0.2) is 87.8 Å². The number of carbonyl (C=O) groups is 1. The van der Waals surface area contributed by atoms with Gasteiger partial charge < -0.3 is 9.15 Å². The Morgan fingerprint density at radius 1 is 0.971 bits per heavy atom. The van der Waals surface area contributed by atoms with E-state index in [4.69, 9.17) is 9.15 Å². The van der Waals surface area contributed by atoms with E-state index in [0.717, 1.165) is 55.0 Å². The Labute approximate surface area is 207 Å². The van der Waals surface area contributed by atoms with Crippen LogP contribution in [0.4, 0.5) is 0 Å². The Balaban J connectivity index is 1.47. The zero-order chi connectivity index (χ0) is 23.8. The smallest absolute Gasteiger partial charge is 0.186 e. The van der Waals surface area contributed by atoms with E-state index < -0.39 is 0 Å². The summed E-state index contributed by atoms with van der Waals surface area (Å²) in [5.41, 5.74) is 4.05. The zero-order valence-corrected chi connectivity index (χ0v) is 19.8. The summed E-state index contributed by atoms with van der Waals surface area (Å²) in [5.74, 6) is 1.95. The van der Waals surface area contributed by atoms with Gasteiger partial charge in [-0.15, -0.1) is 5.10 Å². The van der Waals surface area contributed by atoms with Crippen LogP contribution in [0.3, 0.4) is 0 Å². The van der Waals surface area contributed by atoms with E-state index in [1.165, 1.54) is 0 Å². The number of benzene rings is 4. The predicted octanol–water partition coefficient (Wildman–Crippen LogP) is 6.59. The average Bonchev–Trinajstić information content (AvgIpc) is 3.56. The summed E-state index contributed by atoms with van der Waals surface area (Å²) in [7, 11) is 0. The van der Waals surface area contributed by atoms with E-state index >= 15 is 0 Å². The van der Waals surface area contributed by atoms with Crippen LogP contribution in [0, 0.1) is 0 Å². The minimum Gasteiger partial charge on any atom is -0.484 e. The van der Waals surface area contributed by atoms with Crippen molar-refractivity contribution < 1.29 is 13.9 Å². The summed E-state index contributed by atoms with van der Waals surface area (Å²) < 4.78 is 13.1. The van der Waals surface area contributed by atoms with Crippen molar-refractivity contribution in [2.24, 2.45) is 0 Å². The van der Waals surface area contributed by atoms with Gasteiger partial charge in [0, 0.05) is 22.1 Å². The first-order chi connectivity index (χ1) is 17.2. The van der Waals surface area contributed by atoms with Gasteiger partial charge in [0.15, 0.2) is 12.1 Å². The second-order valence-electron chi connectivity index (χ2n) is 7.96. The molecule has 0 amide bonds. The van der Waals surface area contributed by atoms with Gasteiger partial charge in [-0.2, -0.15) is 0 Å². The number of aromatic amines is 1. The molecule has 2 aromatic heterocycles. The minimum absolute atomic E-state index is 0.230. The van der Waals surface area contributed by atoms with E-state index in [-0.39, 0.29) is 6.61 Å². The number of ether oxygens (including phenoxy) is 1. The number of tetrazole rings is 1. The quantitative estimate of drug-likeness (QED) is 0.247. The van der Waals surface area contributed by atoms with Gasteiger partial charge in [0.1, 0.15) is 23.7 Å². The standard InChI is InChI=1S/C27H17BrN4O3/c28-26-20-11-9-17(13-16(20)10-12-23(26)34-15-24-29-31-32-30-24)27-25(19-6-2-1-5-18(19)14-33)21-7-3-4-8-22(21)35-27/h1-14H,15H2,(H,29,30,31,32). The number of hydrogen-bond donors (Lipinski definition) is 1. The summed E-state index contributed by atoms with van der Waals surface area (Å²) in [6, 6.07) is 25.5. The molecule has 2 heterocycles. The topological polar surface area (TPSA) is 93.9 Å². The first-order valence-corrected chi connectivity index (χ1v) is 11.7. The van der Waals surface area contributed by atoms with Crippen LogP contribution in [0.5, 0.6) is 5.75 Å². The number of halogens is 1. The van der Waals surface area contributed by atoms with Gasteiger partial charge in [0.2, 0.25) is 0 Å². The molecule has 4 aromatic carbocycles. The van der Waals surface area contributed by atoms with Crippen LogP contribution in [-0.2, 0) is 6.61 Å². The van der Waals surface area contributed by atoms with E-state index in [9.17, 15) is 4.79 Å². The number of hydrogen-bond acceptors (Lipinski definition) is 6. The van der Waals surface area contributed by atoms with Crippen molar-refractivity contribution in [3.63, 3.8) is 0 Å². The van der Waals surface area contributed by atoms with Gasteiger partial charge in [0.05, 0.1) is 4.47 Å². The van der Waals surface area contributed by atoms with E-state index in [0.29, 0.717) is 17.1 Å². The predicted molar refractivity (Wildman–Crippen MR) is 136 cm³/mol. The molecule has 0 spiro atoms. The highest BCUT2D eigenvalue weighted by Gasteiger charge is 2.20. The number of aromatic nitrogens is 4. The third kappa shape index (κ3) is 3.77. The number of fused-ring (bicyclic) bond motifs is 2. The second kappa shape index (κ2) is 8.81. The Hall–Kier alpha value is -4.30. The largest absolute Gasteiger partial charge is 0.484 e. The van der Waals surface area contributed by atoms with Crippen LogP contribution in [0.2, 0.25) is 0 Å². The molecule has 35 heavy (non-hydrogen) atoms. The van der Waals surface area contributed by atoms with Crippen molar-refractivity contribution in [1.29, 1.82) is 0 Å². The molecule has 0 aliphatic rings. The number of rotatable bonds is 6. The second-order valence-corrected chi connectivity index (χ2v) is 8.75. The summed E-state index contributed by atoms with van der Waals surface area (Å²) in [4.78, 5) is 11.8. The van der Waals surface area contributed by atoms with Crippen LogP contribution in [0.1, 0.15) is 16.2 Å². The van der Waals surface area contributed by atoms with E-state index in [1.54, 1.807) is 0 Å². The highest BCUT2D eigenvalue weighted by molar-refractivity contribution is 9.10. The molecule has 0 aliphatic carbocycles. The third-order valence-corrected chi connectivity index (χ3v) is 6.70. The molecule has 8 heteroatoms. The number of carbonyl (C=O) groups excluding carboxylic acids is 1. The molecule has 7 nitrogen and oxygen atoms in total. The molecular weight excluding hydrogens is 508 g/mol. The Morgan fingerprint density at radius 2 is 1.83 bits per heavy atom. The number of furan rings is 1. The molecule has 170 valence electrons. The van der Waals surface area contributed by atoms with E-state index in [2.05, 4.69) is 42.6 Å². The molecule has 6 aromatic rings. The SMILES string of the molecule is O=Cc1ccccc1-c1c(-c2ccc3c(Br)c(OCc4nnn[nH]4)ccc3c2)oc2ccccc12. The molecule has 0 aliphatic heterocycles. The maximum atomic E-state index is 11.8. The van der Waals surface area contributed by atoms with Crippen molar-refractivity contribution in [2.75, 3.05) is 0 Å². The maximum absolute atomic E-state index is 11.8. The van der Waals surface area contributed by atoms with Crippen molar-refractivity contribution in [1.82, 2.24) is 20.6 Å². The molecule has 0 fully saturated rings. The molecule has 0 unspecified atom stereocenters. The van der Waals surface area contributed by atoms with Crippen molar-refractivity contribution >= 4 is 44.0 Å². The maximum Gasteiger partial charge on any atom is 0.186 e. The van der Waals surface area contributed by atoms with Crippen LogP contribution >= 0.6 is 15.9 Å². The molecule has 6 rings (SSSR count). The van der Waals surface area contributed by atoms with Crippen molar-refractivity contribution in [3.05, 3.63) is 94.7 Å². The fraction of sp³-hybridized carbons (Fsp3) is 0.0370. The minimum atomic E-state index is 0.230. The first kappa shape index (κ1) is 21.2. The number of nitrogens with one attached hydrogen (secondary N) is 1. The number of nitrogens with zero attached hydrogens (tertiary/aromatic N) is 3. The molecule has 0 radical (unpaired) electrons. The van der Waals surface area contributed by atoms with E-state index in [1.807, 2.05) is 72.8 Å². The fourth-order valence-electron chi connectivity index (χ4n) is 4.25. The third-order valence-electron chi connectivity index (χ3n) is 5.89. The van der Waals surface area contributed by atoms with Gasteiger partial charge in [-0.05, 0) is 60.9 Å². The van der Waals surface area contributed by atoms with Crippen LogP contribution in [0.25, 0.3) is 44.2 Å². The van der Waals surface area contributed by atoms with Crippen molar-refractivity contribution in [3.8, 4) is 28.2 Å². The normalized spacial score (nSPS) is 11.2. The van der Waals surface area contributed by atoms with Crippen molar-refractivity contribution in [2.45, 2.75) is 6.61 Å². The average molecular weight is 525 g/mol. The molecule has 0 saturated heterocycles. The summed E-state index contributed by atoms with van der Waals surface area (Å²) >= 11 is 3.68. The van der Waals surface area contributed by atoms with Gasteiger partial charge in [-0.1, -0.05) is 60.7 Å². The Morgan fingerprint density at radius 3 is 2.69 bits per heavy atom. The van der Waals surface area contributed by atoms with Crippen LogP contribution in [-0.4, -0.2) is 26.9 Å². The number of H-pyrrole nitrogens is 1. The van der Waals surface area contributed by atoms with Gasteiger partial charge in [-0.25, -0.2) is 5.10 Å². The van der Waals surface area contributed by atoms with Gasteiger partial charge >= 0.3 is 0 Å². The molecule has 0 bridgehead atoms. The Bertz CT molecular complexity index is 1690. The van der Waals surface area contributed by atoms with Gasteiger partial charge in [0.25, 0.3) is 0 Å².